The van der Waals surface area contributed by atoms with Gasteiger partial charge in [0.2, 0.25) is 0 Å². The summed E-state index contributed by atoms with van der Waals surface area (Å²) in [5, 5.41) is 4.66. The smallest absolute Gasteiger partial charge is 0.138 e. The van der Waals surface area contributed by atoms with Gasteiger partial charge in [0, 0.05) is 32.7 Å². The number of benzene rings is 8. The van der Waals surface area contributed by atoms with Crippen LogP contribution in [0, 0.1) is 0 Å². The van der Waals surface area contributed by atoms with Gasteiger partial charge in [-0.25, -0.2) is 9.97 Å². The minimum absolute atomic E-state index is 0.869. The second-order valence-electron chi connectivity index (χ2n) is 16.3. The third-order valence-corrected chi connectivity index (χ3v) is 12.5. The number of rotatable bonds is 8. The highest BCUT2D eigenvalue weighted by Crippen LogP contribution is 2.40. The van der Waals surface area contributed by atoms with Gasteiger partial charge in [0.15, 0.2) is 0 Å². The van der Waals surface area contributed by atoms with Crippen LogP contribution in [0.15, 0.2) is 231 Å². The van der Waals surface area contributed by atoms with Crippen molar-refractivity contribution in [1.29, 1.82) is 0 Å². The summed E-state index contributed by atoms with van der Waals surface area (Å²) in [4.78, 5) is 10.7. The summed E-state index contributed by atoms with van der Waals surface area (Å²) in [6.45, 7) is 4.13. The fraction of sp³-hybridized carbons (Fsp3) is 0. The second kappa shape index (κ2) is 15.4. The number of pyridine rings is 2. The monoisotopic (exact) mass is 816 g/mol. The number of nitrogens with zero attached hydrogens (tertiary/aromatic N) is 4. The SMILES string of the molecule is C=Cc1ccc2c(c1)c1cc(-c3ccc4c(c3)c3ccccc3n4-c3cc(-c4ccccc4)cc(-c4ccccc4)n3)ccc1n2-c1cc(-c2ccccc2)cc(-c2ccccc2)n1. The van der Waals surface area contributed by atoms with Gasteiger partial charge in [-0.15, -0.1) is 0 Å². The van der Waals surface area contributed by atoms with Crippen molar-refractivity contribution < 1.29 is 0 Å². The van der Waals surface area contributed by atoms with E-state index in [1.807, 2.05) is 18.2 Å². The van der Waals surface area contributed by atoms with Crippen LogP contribution < -0.4 is 0 Å². The Labute approximate surface area is 371 Å². The van der Waals surface area contributed by atoms with Crippen LogP contribution in [0.5, 0.6) is 0 Å². The van der Waals surface area contributed by atoms with Crippen LogP contribution in [-0.4, -0.2) is 19.1 Å². The molecule has 0 saturated carbocycles. The van der Waals surface area contributed by atoms with Crippen LogP contribution in [0.4, 0.5) is 0 Å². The molecule has 0 amide bonds. The maximum absolute atomic E-state index is 5.37. The molecule has 12 rings (SSSR count). The highest BCUT2D eigenvalue weighted by molar-refractivity contribution is 6.13. The summed E-state index contributed by atoms with van der Waals surface area (Å²) in [6, 6.07) is 79.9. The fourth-order valence-electron chi connectivity index (χ4n) is 9.36. The molecule has 0 atom stereocenters. The molecule has 0 saturated heterocycles. The molecule has 0 bridgehead atoms. The molecular weight excluding hydrogens is 777 g/mol. The first kappa shape index (κ1) is 37.2. The Balaban J connectivity index is 1.04. The molecule has 12 aromatic rings. The number of hydrogen-bond donors (Lipinski definition) is 0. The summed E-state index contributed by atoms with van der Waals surface area (Å²) < 4.78 is 4.64. The van der Waals surface area contributed by atoms with Gasteiger partial charge in [-0.1, -0.05) is 170 Å². The Morgan fingerprint density at radius 1 is 0.297 bits per heavy atom. The lowest BCUT2D eigenvalue weighted by atomic mass is 10.00. The molecule has 8 aromatic carbocycles. The molecule has 4 heterocycles. The van der Waals surface area contributed by atoms with E-state index in [-0.39, 0.29) is 0 Å². The Morgan fingerprint density at radius 2 is 0.688 bits per heavy atom. The van der Waals surface area contributed by atoms with E-state index in [0.717, 1.165) is 106 Å². The van der Waals surface area contributed by atoms with Crippen molar-refractivity contribution in [1.82, 2.24) is 19.1 Å². The summed E-state index contributed by atoms with van der Waals surface area (Å²) >= 11 is 0. The van der Waals surface area contributed by atoms with Gasteiger partial charge in [-0.2, -0.15) is 0 Å². The fourth-order valence-corrected chi connectivity index (χ4v) is 9.36. The average Bonchev–Trinajstić information content (AvgIpc) is 3.89. The van der Waals surface area contributed by atoms with E-state index < -0.39 is 0 Å². The molecule has 0 unspecified atom stereocenters. The topological polar surface area (TPSA) is 35.6 Å². The van der Waals surface area contributed by atoms with Gasteiger partial charge in [-0.3, -0.25) is 9.13 Å². The summed E-state index contributed by atoms with van der Waals surface area (Å²) in [5.41, 5.74) is 16.3. The molecule has 4 aromatic heterocycles. The van der Waals surface area contributed by atoms with Crippen molar-refractivity contribution in [2.45, 2.75) is 0 Å². The van der Waals surface area contributed by atoms with E-state index in [4.69, 9.17) is 9.97 Å². The van der Waals surface area contributed by atoms with Crippen LogP contribution in [0.2, 0.25) is 0 Å². The van der Waals surface area contributed by atoms with E-state index >= 15 is 0 Å². The standard InChI is InChI=1S/C60H40N4/c1-2-40-27-30-56-50(33-40)52-35-46(29-32-58(52)64(56)60-39-48(42-19-9-4-10-20-42)37-54(62-60)44-23-13-6-14-24-44)45-28-31-57-51(34-45)49-25-15-16-26-55(49)63(57)59-38-47(41-17-7-3-8-18-41)36-53(61-59)43-21-11-5-12-22-43/h2-39H,1H2. The molecule has 64 heavy (non-hydrogen) atoms. The van der Waals surface area contributed by atoms with Crippen molar-refractivity contribution in [3.8, 4) is 67.5 Å². The van der Waals surface area contributed by atoms with Crippen LogP contribution in [0.3, 0.4) is 0 Å². The summed E-state index contributed by atoms with van der Waals surface area (Å²) in [6.07, 6.45) is 1.92. The average molecular weight is 817 g/mol. The van der Waals surface area contributed by atoms with Crippen molar-refractivity contribution >= 4 is 49.7 Å². The van der Waals surface area contributed by atoms with E-state index in [1.165, 1.54) is 10.8 Å². The predicted molar refractivity (Wildman–Crippen MR) is 268 cm³/mol. The Bertz CT molecular complexity index is 3600. The molecule has 0 aliphatic carbocycles. The first-order valence-electron chi connectivity index (χ1n) is 21.7. The number of hydrogen-bond acceptors (Lipinski definition) is 2. The first-order valence-corrected chi connectivity index (χ1v) is 21.7. The van der Waals surface area contributed by atoms with Gasteiger partial charge in [-0.05, 0) is 106 Å². The molecule has 0 fully saturated rings. The Hall–Kier alpha value is -8.60. The van der Waals surface area contributed by atoms with Crippen molar-refractivity contribution in [3.05, 3.63) is 237 Å². The van der Waals surface area contributed by atoms with Gasteiger partial charge in [0.25, 0.3) is 0 Å². The number of aromatic nitrogens is 4. The van der Waals surface area contributed by atoms with Crippen molar-refractivity contribution in [2.75, 3.05) is 0 Å². The van der Waals surface area contributed by atoms with E-state index in [1.54, 1.807) is 0 Å². The lowest BCUT2D eigenvalue weighted by Gasteiger charge is -2.13. The van der Waals surface area contributed by atoms with Crippen LogP contribution in [0.1, 0.15) is 5.56 Å². The van der Waals surface area contributed by atoms with Crippen molar-refractivity contribution in [2.24, 2.45) is 0 Å². The zero-order valence-corrected chi connectivity index (χ0v) is 34.9. The predicted octanol–water partition coefficient (Wildman–Crippen LogP) is 15.6. The molecule has 0 spiro atoms. The third-order valence-electron chi connectivity index (χ3n) is 12.5. The van der Waals surface area contributed by atoms with E-state index in [9.17, 15) is 0 Å². The van der Waals surface area contributed by atoms with Gasteiger partial charge >= 0.3 is 0 Å². The van der Waals surface area contributed by atoms with Crippen molar-refractivity contribution in [3.63, 3.8) is 0 Å². The van der Waals surface area contributed by atoms with Crippen LogP contribution in [-0.2, 0) is 0 Å². The molecule has 0 aliphatic rings. The summed E-state index contributed by atoms with van der Waals surface area (Å²) in [7, 11) is 0. The van der Waals surface area contributed by atoms with Gasteiger partial charge in [0.1, 0.15) is 11.6 Å². The highest BCUT2D eigenvalue weighted by atomic mass is 15.1. The minimum atomic E-state index is 0.869. The maximum Gasteiger partial charge on any atom is 0.138 e. The second-order valence-corrected chi connectivity index (χ2v) is 16.3. The molecule has 4 nitrogen and oxygen atoms in total. The van der Waals surface area contributed by atoms with E-state index in [2.05, 4.69) is 228 Å². The van der Waals surface area contributed by atoms with Crippen LogP contribution >= 0.6 is 0 Å². The Kier molecular flexibility index (Phi) is 8.94. The summed E-state index contributed by atoms with van der Waals surface area (Å²) in [5.74, 6) is 1.75. The Morgan fingerprint density at radius 3 is 1.17 bits per heavy atom. The normalized spacial score (nSPS) is 11.5. The largest absolute Gasteiger partial charge is 0.294 e. The maximum atomic E-state index is 5.37. The molecule has 300 valence electrons. The van der Waals surface area contributed by atoms with Gasteiger partial charge < -0.3 is 0 Å². The minimum Gasteiger partial charge on any atom is -0.294 e. The zero-order chi connectivity index (χ0) is 42.6. The molecule has 0 N–H and O–H groups in total. The zero-order valence-electron chi connectivity index (χ0n) is 34.9. The highest BCUT2D eigenvalue weighted by Gasteiger charge is 2.19. The lowest BCUT2D eigenvalue weighted by molar-refractivity contribution is 1.08. The lowest BCUT2D eigenvalue weighted by Crippen LogP contribution is -2.00. The number of fused-ring (bicyclic) bond motifs is 6. The third kappa shape index (κ3) is 6.40. The number of para-hydroxylation sites is 1. The quantitative estimate of drug-likeness (QED) is 0.153. The molecule has 0 radical (unpaired) electrons. The van der Waals surface area contributed by atoms with Crippen LogP contribution in [0.25, 0.3) is 117 Å². The first-order chi connectivity index (χ1) is 31.7. The molecular formula is C60H40N4. The molecule has 0 aliphatic heterocycles. The van der Waals surface area contributed by atoms with Gasteiger partial charge in [0.05, 0.1) is 33.5 Å². The molecule has 4 heteroatoms. The van der Waals surface area contributed by atoms with E-state index in [0.29, 0.717) is 0 Å².